The summed E-state index contributed by atoms with van der Waals surface area (Å²) in [6, 6.07) is 1.40. The van der Waals surface area contributed by atoms with Gasteiger partial charge in [-0.05, 0) is 40.0 Å². The van der Waals surface area contributed by atoms with E-state index < -0.39 is 0 Å². The fourth-order valence-corrected chi connectivity index (χ4v) is 3.11. The highest BCUT2D eigenvalue weighted by Gasteiger charge is 2.25. The standard InChI is InChI=1S/C14H30N4/c1-4-13-10-18(7-5-6-15-13)12-14-11-16(2)8-9-17(14)3/h13-15H,4-12H2,1-3H3. The van der Waals surface area contributed by atoms with Crippen LogP contribution in [0.15, 0.2) is 0 Å². The number of piperazine rings is 1. The molecular weight excluding hydrogens is 224 g/mol. The van der Waals surface area contributed by atoms with Crippen LogP contribution in [0.3, 0.4) is 0 Å². The highest BCUT2D eigenvalue weighted by atomic mass is 15.3. The lowest BCUT2D eigenvalue weighted by atomic mass is 10.1. The second-order valence-electron chi connectivity index (χ2n) is 6.07. The molecule has 2 aliphatic rings. The lowest BCUT2D eigenvalue weighted by molar-refractivity contribution is 0.0816. The molecule has 2 heterocycles. The van der Waals surface area contributed by atoms with Crippen LogP contribution in [0.1, 0.15) is 19.8 Å². The summed E-state index contributed by atoms with van der Waals surface area (Å²) in [5.41, 5.74) is 0. The summed E-state index contributed by atoms with van der Waals surface area (Å²) in [7, 11) is 4.53. The van der Waals surface area contributed by atoms with Crippen LogP contribution in [0.25, 0.3) is 0 Å². The van der Waals surface area contributed by atoms with E-state index in [0.29, 0.717) is 12.1 Å². The van der Waals surface area contributed by atoms with E-state index in [1.165, 1.54) is 58.7 Å². The summed E-state index contributed by atoms with van der Waals surface area (Å²) in [5.74, 6) is 0. The molecule has 0 aromatic rings. The number of rotatable bonds is 3. The quantitative estimate of drug-likeness (QED) is 0.782. The minimum atomic E-state index is 0.694. The zero-order chi connectivity index (χ0) is 13.0. The summed E-state index contributed by atoms with van der Waals surface area (Å²) < 4.78 is 0. The van der Waals surface area contributed by atoms with Crippen LogP contribution in [0.5, 0.6) is 0 Å². The Hall–Kier alpha value is -0.160. The molecule has 0 amide bonds. The molecule has 0 aromatic heterocycles. The Bertz CT molecular complexity index is 246. The van der Waals surface area contributed by atoms with E-state index in [2.05, 4.69) is 41.0 Å². The number of nitrogens with one attached hydrogen (secondary N) is 1. The molecule has 2 unspecified atom stereocenters. The van der Waals surface area contributed by atoms with E-state index in [-0.39, 0.29) is 0 Å². The first-order chi connectivity index (χ1) is 8.69. The van der Waals surface area contributed by atoms with Gasteiger partial charge in [0.1, 0.15) is 0 Å². The largest absolute Gasteiger partial charge is 0.313 e. The van der Waals surface area contributed by atoms with Crippen molar-refractivity contribution in [1.82, 2.24) is 20.0 Å². The smallest absolute Gasteiger partial charge is 0.0347 e. The van der Waals surface area contributed by atoms with Crippen molar-refractivity contribution in [2.75, 3.05) is 59.9 Å². The number of hydrogen-bond donors (Lipinski definition) is 1. The first-order valence-corrected chi connectivity index (χ1v) is 7.53. The zero-order valence-electron chi connectivity index (χ0n) is 12.4. The van der Waals surface area contributed by atoms with Crippen LogP contribution in [0, 0.1) is 0 Å². The van der Waals surface area contributed by atoms with Gasteiger partial charge in [-0.25, -0.2) is 0 Å². The molecule has 18 heavy (non-hydrogen) atoms. The van der Waals surface area contributed by atoms with Crippen molar-refractivity contribution in [2.45, 2.75) is 31.8 Å². The molecule has 0 saturated carbocycles. The predicted molar refractivity (Wildman–Crippen MR) is 77.1 cm³/mol. The van der Waals surface area contributed by atoms with Crippen molar-refractivity contribution in [3.05, 3.63) is 0 Å². The minimum absolute atomic E-state index is 0.694. The minimum Gasteiger partial charge on any atom is -0.313 e. The predicted octanol–water partition coefficient (Wildman–Crippen LogP) is 0.306. The van der Waals surface area contributed by atoms with E-state index in [0.717, 1.165) is 0 Å². The molecule has 2 fully saturated rings. The lowest BCUT2D eigenvalue weighted by Gasteiger charge is -2.40. The molecule has 2 aliphatic heterocycles. The van der Waals surface area contributed by atoms with Crippen molar-refractivity contribution in [3.8, 4) is 0 Å². The normalized spacial score (nSPS) is 33.5. The Kier molecular flexibility index (Phi) is 5.42. The van der Waals surface area contributed by atoms with E-state index >= 15 is 0 Å². The summed E-state index contributed by atoms with van der Waals surface area (Å²) in [6.45, 7) is 10.9. The highest BCUT2D eigenvalue weighted by Crippen LogP contribution is 2.10. The van der Waals surface area contributed by atoms with E-state index in [9.17, 15) is 0 Å². The van der Waals surface area contributed by atoms with Crippen molar-refractivity contribution >= 4 is 0 Å². The van der Waals surface area contributed by atoms with Gasteiger partial charge >= 0.3 is 0 Å². The Morgan fingerprint density at radius 2 is 1.94 bits per heavy atom. The van der Waals surface area contributed by atoms with Crippen LogP contribution in [-0.4, -0.2) is 86.7 Å². The van der Waals surface area contributed by atoms with E-state index in [1.807, 2.05) is 0 Å². The molecule has 4 heteroatoms. The Labute approximate surface area is 112 Å². The van der Waals surface area contributed by atoms with Gasteiger partial charge in [-0.2, -0.15) is 0 Å². The molecule has 4 nitrogen and oxygen atoms in total. The molecule has 0 bridgehead atoms. The molecule has 0 aromatic carbocycles. The third-order valence-electron chi connectivity index (χ3n) is 4.50. The molecule has 2 atom stereocenters. The van der Waals surface area contributed by atoms with Crippen molar-refractivity contribution in [3.63, 3.8) is 0 Å². The second kappa shape index (κ2) is 6.85. The summed E-state index contributed by atoms with van der Waals surface area (Å²) in [4.78, 5) is 7.69. The van der Waals surface area contributed by atoms with Crippen molar-refractivity contribution in [2.24, 2.45) is 0 Å². The maximum absolute atomic E-state index is 3.65. The van der Waals surface area contributed by atoms with Gasteiger partial charge in [-0.15, -0.1) is 0 Å². The molecule has 106 valence electrons. The molecule has 2 rings (SSSR count). The fourth-order valence-electron chi connectivity index (χ4n) is 3.11. The van der Waals surface area contributed by atoms with Gasteiger partial charge in [0.25, 0.3) is 0 Å². The van der Waals surface area contributed by atoms with Crippen LogP contribution < -0.4 is 5.32 Å². The zero-order valence-corrected chi connectivity index (χ0v) is 12.4. The van der Waals surface area contributed by atoms with Gasteiger partial charge in [0, 0.05) is 44.8 Å². The second-order valence-corrected chi connectivity index (χ2v) is 6.07. The number of likely N-dealkylation sites (N-methyl/N-ethyl adjacent to an activating group) is 2. The van der Waals surface area contributed by atoms with Crippen LogP contribution in [0.4, 0.5) is 0 Å². The van der Waals surface area contributed by atoms with Crippen LogP contribution in [-0.2, 0) is 0 Å². The molecule has 0 spiro atoms. The lowest BCUT2D eigenvalue weighted by Crippen LogP contribution is -2.55. The van der Waals surface area contributed by atoms with Gasteiger partial charge in [0.15, 0.2) is 0 Å². The highest BCUT2D eigenvalue weighted by molar-refractivity contribution is 4.84. The molecule has 0 radical (unpaired) electrons. The number of nitrogens with zero attached hydrogens (tertiary/aromatic N) is 3. The van der Waals surface area contributed by atoms with Crippen molar-refractivity contribution < 1.29 is 0 Å². The molecule has 0 aliphatic carbocycles. The average Bonchev–Trinajstić information content (AvgIpc) is 2.59. The Morgan fingerprint density at radius 3 is 2.72 bits per heavy atom. The molecular formula is C14H30N4. The third-order valence-corrected chi connectivity index (χ3v) is 4.50. The SMILES string of the molecule is CCC1CN(CC2CN(C)CCN2C)CCCN1. The molecule has 2 saturated heterocycles. The van der Waals surface area contributed by atoms with Gasteiger partial charge in [0.2, 0.25) is 0 Å². The third kappa shape index (κ3) is 3.92. The number of hydrogen-bond acceptors (Lipinski definition) is 4. The Morgan fingerprint density at radius 1 is 1.11 bits per heavy atom. The van der Waals surface area contributed by atoms with Crippen molar-refractivity contribution in [1.29, 1.82) is 0 Å². The summed E-state index contributed by atoms with van der Waals surface area (Å²) in [6.07, 6.45) is 2.54. The van der Waals surface area contributed by atoms with Gasteiger partial charge in [0.05, 0.1) is 0 Å². The van der Waals surface area contributed by atoms with Gasteiger partial charge in [-0.1, -0.05) is 6.92 Å². The van der Waals surface area contributed by atoms with E-state index in [4.69, 9.17) is 0 Å². The van der Waals surface area contributed by atoms with E-state index in [1.54, 1.807) is 0 Å². The first kappa shape index (κ1) is 14.3. The Balaban J connectivity index is 1.86. The first-order valence-electron chi connectivity index (χ1n) is 7.53. The van der Waals surface area contributed by atoms with Gasteiger partial charge < -0.3 is 15.1 Å². The van der Waals surface area contributed by atoms with Gasteiger partial charge in [-0.3, -0.25) is 4.90 Å². The summed E-state index contributed by atoms with van der Waals surface area (Å²) in [5, 5.41) is 3.65. The summed E-state index contributed by atoms with van der Waals surface area (Å²) >= 11 is 0. The monoisotopic (exact) mass is 254 g/mol. The van der Waals surface area contributed by atoms with Crippen LogP contribution in [0.2, 0.25) is 0 Å². The fraction of sp³-hybridized carbons (Fsp3) is 1.00. The maximum Gasteiger partial charge on any atom is 0.0347 e. The topological polar surface area (TPSA) is 21.8 Å². The average molecular weight is 254 g/mol. The maximum atomic E-state index is 3.65. The van der Waals surface area contributed by atoms with Crippen LogP contribution >= 0.6 is 0 Å². The molecule has 1 N–H and O–H groups in total.